The molecule has 0 spiro atoms. The lowest BCUT2D eigenvalue weighted by molar-refractivity contribution is -0.118. The van der Waals surface area contributed by atoms with Gasteiger partial charge in [-0.15, -0.1) is 0 Å². The van der Waals surface area contributed by atoms with Crippen LogP contribution in [0.1, 0.15) is 27.7 Å². The Morgan fingerprint density at radius 3 is 2.06 bits per heavy atom. The van der Waals surface area contributed by atoms with Gasteiger partial charge in [-0.1, -0.05) is 0 Å². The molecule has 0 radical (unpaired) electrons. The predicted octanol–water partition coefficient (Wildman–Crippen LogP) is 1.36. The van der Waals surface area contributed by atoms with Gasteiger partial charge < -0.3 is 14.5 Å². The van der Waals surface area contributed by atoms with Gasteiger partial charge in [-0.3, -0.25) is 4.79 Å². The maximum atomic E-state index is 11.6. The third-order valence-electron chi connectivity index (χ3n) is 2.01. The van der Waals surface area contributed by atoms with Gasteiger partial charge in [-0.05, 0) is 27.7 Å². The van der Waals surface area contributed by atoms with Crippen molar-refractivity contribution >= 4 is 17.8 Å². The molecule has 0 aliphatic rings. The largest absolute Gasteiger partial charge is 0.444 e. The molecular formula is C12H23N3O3. The van der Waals surface area contributed by atoms with Gasteiger partial charge in [-0.25, -0.2) is 4.79 Å². The number of amidine groups is 1. The molecule has 0 aliphatic carbocycles. The van der Waals surface area contributed by atoms with E-state index in [4.69, 9.17) is 4.74 Å². The second-order valence-corrected chi connectivity index (χ2v) is 5.28. The molecule has 104 valence electrons. The zero-order valence-corrected chi connectivity index (χ0v) is 12.3. The van der Waals surface area contributed by atoms with Crippen molar-refractivity contribution in [3.8, 4) is 0 Å². The molecule has 0 unspecified atom stereocenters. The standard InChI is InChI=1S/C12H23N3O3/c1-9(14(5)6)13-10(16)8-15(7)11(17)18-12(2,3)4/h8H2,1-7H3/b13-9+. The van der Waals surface area contributed by atoms with Gasteiger partial charge in [0.25, 0.3) is 5.91 Å². The quantitative estimate of drug-likeness (QED) is 0.553. The van der Waals surface area contributed by atoms with Gasteiger partial charge in [0, 0.05) is 21.1 Å². The topological polar surface area (TPSA) is 62.2 Å². The summed E-state index contributed by atoms with van der Waals surface area (Å²) in [6, 6.07) is 0. The lowest BCUT2D eigenvalue weighted by Crippen LogP contribution is -2.37. The van der Waals surface area contributed by atoms with Gasteiger partial charge in [0.05, 0.1) is 0 Å². The summed E-state index contributed by atoms with van der Waals surface area (Å²) < 4.78 is 5.13. The van der Waals surface area contributed by atoms with Gasteiger partial charge >= 0.3 is 6.09 Å². The van der Waals surface area contributed by atoms with Crippen LogP contribution in [-0.4, -0.2) is 60.9 Å². The summed E-state index contributed by atoms with van der Waals surface area (Å²) in [6.07, 6.45) is -0.534. The third kappa shape index (κ3) is 6.88. The van der Waals surface area contributed by atoms with E-state index in [1.165, 1.54) is 11.9 Å². The molecule has 0 saturated carbocycles. The SMILES string of the molecule is C/C(=N\C(=O)CN(C)C(=O)OC(C)(C)C)N(C)C. The first-order valence-corrected chi connectivity index (χ1v) is 5.72. The number of nitrogens with zero attached hydrogens (tertiary/aromatic N) is 3. The highest BCUT2D eigenvalue weighted by molar-refractivity contribution is 5.94. The number of ether oxygens (including phenoxy) is 1. The number of rotatable bonds is 2. The van der Waals surface area contributed by atoms with Crippen molar-refractivity contribution in [3.05, 3.63) is 0 Å². The lowest BCUT2D eigenvalue weighted by atomic mass is 10.2. The van der Waals surface area contributed by atoms with Crippen molar-refractivity contribution in [2.45, 2.75) is 33.3 Å². The second-order valence-electron chi connectivity index (χ2n) is 5.28. The number of hydrogen-bond acceptors (Lipinski definition) is 3. The number of aliphatic imine (C=N–C) groups is 1. The van der Waals surface area contributed by atoms with Crippen LogP contribution < -0.4 is 0 Å². The van der Waals surface area contributed by atoms with E-state index < -0.39 is 11.7 Å². The predicted molar refractivity (Wildman–Crippen MR) is 70.7 cm³/mol. The average molecular weight is 257 g/mol. The van der Waals surface area contributed by atoms with Crippen molar-refractivity contribution in [2.75, 3.05) is 27.7 Å². The zero-order chi connectivity index (χ0) is 14.5. The Hall–Kier alpha value is -1.59. The van der Waals surface area contributed by atoms with E-state index in [1.54, 1.807) is 46.7 Å². The molecule has 0 aromatic carbocycles. The minimum Gasteiger partial charge on any atom is -0.444 e. The first kappa shape index (κ1) is 16.4. The molecule has 18 heavy (non-hydrogen) atoms. The lowest BCUT2D eigenvalue weighted by Gasteiger charge is -2.23. The number of hydrogen-bond donors (Lipinski definition) is 0. The molecule has 0 aromatic heterocycles. The highest BCUT2D eigenvalue weighted by Gasteiger charge is 2.20. The number of amides is 2. The fraction of sp³-hybridized carbons (Fsp3) is 0.750. The summed E-state index contributed by atoms with van der Waals surface area (Å²) >= 11 is 0. The van der Waals surface area contributed by atoms with E-state index in [0.29, 0.717) is 5.84 Å². The maximum Gasteiger partial charge on any atom is 0.410 e. The molecule has 0 saturated heterocycles. The molecule has 0 bridgehead atoms. The molecular weight excluding hydrogens is 234 g/mol. The Labute approximate surface area is 109 Å². The fourth-order valence-corrected chi connectivity index (χ4v) is 0.923. The molecule has 0 rings (SSSR count). The van der Waals surface area contributed by atoms with E-state index >= 15 is 0 Å². The summed E-state index contributed by atoms with van der Waals surface area (Å²) in [7, 11) is 5.10. The van der Waals surface area contributed by atoms with E-state index in [9.17, 15) is 9.59 Å². The van der Waals surface area contributed by atoms with Crippen molar-refractivity contribution in [1.29, 1.82) is 0 Å². The van der Waals surface area contributed by atoms with Crippen LogP contribution in [0.3, 0.4) is 0 Å². The van der Waals surface area contributed by atoms with Crippen LogP contribution in [-0.2, 0) is 9.53 Å². The van der Waals surface area contributed by atoms with E-state index in [1.807, 2.05) is 0 Å². The molecule has 6 heteroatoms. The Morgan fingerprint density at radius 2 is 1.67 bits per heavy atom. The summed E-state index contributed by atoms with van der Waals surface area (Å²) in [4.78, 5) is 30.0. The van der Waals surface area contributed by atoms with Crippen molar-refractivity contribution in [3.63, 3.8) is 0 Å². The molecule has 0 fully saturated rings. The van der Waals surface area contributed by atoms with Crippen LogP contribution in [0.5, 0.6) is 0 Å². The molecule has 0 N–H and O–H groups in total. The van der Waals surface area contributed by atoms with Crippen molar-refractivity contribution in [2.24, 2.45) is 4.99 Å². The molecule has 0 atom stereocenters. The summed E-state index contributed by atoms with van der Waals surface area (Å²) in [5, 5.41) is 0. The average Bonchev–Trinajstić information content (AvgIpc) is 2.14. The normalized spacial score (nSPS) is 12.1. The fourth-order valence-electron chi connectivity index (χ4n) is 0.923. The summed E-state index contributed by atoms with van der Waals surface area (Å²) in [5.41, 5.74) is -0.572. The summed E-state index contributed by atoms with van der Waals surface area (Å²) in [6.45, 7) is 6.95. The Morgan fingerprint density at radius 1 is 1.17 bits per heavy atom. The molecule has 0 aromatic rings. The van der Waals surface area contributed by atoms with Crippen molar-refractivity contribution in [1.82, 2.24) is 9.80 Å². The van der Waals surface area contributed by atoms with Crippen LogP contribution in [0.4, 0.5) is 4.79 Å². The van der Waals surface area contributed by atoms with E-state index in [0.717, 1.165) is 0 Å². The van der Waals surface area contributed by atoms with Crippen LogP contribution in [0.25, 0.3) is 0 Å². The zero-order valence-electron chi connectivity index (χ0n) is 12.3. The van der Waals surface area contributed by atoms with Crippen LogP contribution in [0.15, 0.2) is 4.99 Å². The Kier molecular flexibility index (Phi) is 5.81. The monoisotopic (exact) mass is 257 g/mol. The van der Waals surface area contributed by atoms with E-state index in [-0.39, 0.29) is 12.5 Å². The maximum absolute atomic E-state index is 11.6. The van der Waals surface area contributed by atoms with Crippen LogP contribution in [0.2, 0.25) is 0 Å². The van der Waals surface area contributed by atoms with Gasteiger partial charge in [0.2, 0.25) is 0 Å². The Bertz CT molecular complexity index is 343. The smallest absolute Gasteiger partial charge is 0.410 e. The second kappa shape index (κ2) is 6.37. The minimum atomic E-state index is -0.572. The highest BCUT2D eigenvalue weighted by Crippen LogP contribution is 2.08. The first-order valence-electron chi connectivity index (χ1n) is 5.72. The van der Waals surface area contributed by atoms with Gasteiger partial charge in [-0.2, -0.15) is 4.99 Å². The summed E-state index contributed by atoms with van der Waals surface area (Å²) in [5.74, 6) is 0.215. The molecule has 6 nitrogen and oxygen atoms in total. The minimum absolute atomic E-state index is 0.0971. The van der Waals surface area contributed by atoms with Crippen molar-refractivity contribution < 1.29 is 14.3 Å². The number of likely N-dealkylation sites (N-methyl/N-ethyl adjacent to an activating group) is 1. The van der Waals surface area contributed by atoms with Gasteiger partial charge in [0.1, 0.15) is 18.0 Å². The number of carbonyl (C=O) groups is 2. The molecule has 2 amide bonds. The highest BCUT2D eigenvalue weighted by atomic mass is 16.6. The van der Waals surface area contributed by atoms with Gasteiger partial charge in [0.15, 0.2) is 0 Å². The third-order valence-corrected chi connectivity index (χ3v) is 2.01. The number of carbonyl (C=O) groups excluding carboxylic acids is 2. The Balaban J connectivity index is 4.41. The van der Waals surface area contributed by atoms with Crippen LogP contribution in [0, 0.1) is 0 Å². The van der Waals surface area contributed by atoms with Crippen LogP contribution >= 0.6 is 0 Å². The van der Waals surface area contributed by atoms with E-state index in [2.05, 4.69) is 4.99 Å². The first-order chi connectivity index (χ1) is 8.03. The molecule has 0 aliphatic heterocycles. The molecule has 0 heterocycles.